The highest BCUT2D eigenvalue weighted by atomic mass is 32.1. The van der Waals surface area contributed by atoms with E-state index in [1.165, 1.54) is 0 Å². The lowest BCUT2D eigenvalue weighted by Gasteiger charge is -2.34. The maximum absolute atomic E-state index is 13.0. The summed E-state index contributed by atoms with van der Waals surface area (Å²) >= 11 is 1.60. The van der Waals surface area contributed by atoms with Gasteiger partial charge < -0.3 is 18.8 Å². The standard InChI is InChI=1S/C24H27N3O4S/c28-24(18-4-1-5-20(14-18)31-16-21-6-2-12-29-21)27-10-8-26(9-11-27)15-19-17-32-23(25-19)22-7-3-13-30-22/h1,3-5,7,13-14,17,21H,2,6,8-12,15-16H2. The van der Waals surface area contributed by atoms with Gasteiger partial charge in [0.15, 0.2) is 10.8 Å². The Morgan fingerprint density at radius 1 is 1.19 bits per heavy atom. The van der Waals surface area contributed by atoms with Gasteiger partial charge in [0.2, 0.25) is 0 Å². The third-order valence-corrected chi connectivity index (χ3v) is 6.78. The summed E-state index contributed by atoms with van der Waals surface area (Å²) in [5, 5.41) is 2.98. The van der Waals surface area contributed by atoms with Crippen molar-refractivity contribution in [2.24, 2.45) is 0 Å². The summed E-state index contributed by atoms with van der Waals surface area (Å²) < 4.78 is 16.9. The molecular weight excluding hydrogens is 426 g/mol. The molecule has 7 nitrogen and oxygen atoms in total. The number of hydrogen-bond donors (Lipinski definition) is 0. The third-order valence-electron chi connectivity index (χ3n) is 5.87. The zero-order valence-electron chi connectivity index (χ0n) is 17.9. The smallest absolute Gasteiger partial charge is 0.254 e. The van der Waals surface area contributed by atoms with Crippen LogP contribution in [0.2, 0.25) is 0 Å². The molecule has 0 radical (unpaired) electrons. The fraction of sp³-hybridized carbons (Fsp3) is 0.417. The van der Waals surface area contributed by atoms with Gasteiger partial charge in [-0.25, -0.2) is 4.98 Å². The van der Waals surface area contributed by atoms with Crippen LogP contribution in [0.1, 0.15) is 28.9 Å². The number of amides is 1. The Morgan fingerprint density at radius 2 is 2.09 bits per heavy atom. The van der Waals surface area contributed by atoms with Gasteiger partial charge >= 0.3 is 0 Å². The first kappa shape index (κ1) is 21.2. The van der Waals surface area contributed by atoms with Crippen LogP contribution in [-0.2, 0) is 11.3 Å². The quantitative estimate of drug-likeness (QED) is 0.540. The first-order valence-electron chi connectivity index (χ1n) is 11.1. The lowest BCUT2D eigenvalue weighted by atomic mass is 10.1. The van der Waals surface area contributed by atoms with E-state index in [2.05, 4.69) is 15.3 Å². The summed E-state index contributed by atoms with van der Waals surface area (Å²) in [7, 11) is 0. The van der Waals surface area contributed by atoms with Crippen molar-refractivity contribution in [3.63, 3.8) is 0 Å². The Bertz CT molecular complexity index is 1020. The Balaban J connectivity index is 1.12. The van der Waals surface area contributed by atoms with E-state index in [0.717, 1.165) is 61.3 Å². The van der Waals surface area contributed by atoms with E-state index in [4.69, 9.17) is 13.9 Å². The first-order valence-corrected chi connectivity index (χ1v) is 12.0. The van der Waals surface area contributed by atoms with Gasteiger partial charge in [-0.3, -0.25) is 9.69 Å². The summed E-state index contributed by atoms with van der Waals surface area (Å²) in [6, 6.07) is 11.3. The van der Waals surface area contributed by atoms with Crippen molar-refractivity contribution < 1.29 is 18.7 Å². The van der Waals surface area contributed by atoms with Crippen LogP contribution >= 0.6 is 11.3 Å². The summed E-state index contributed by atoms with van der Waals surface area (Å²) in [6.45, 7) is 5.19. The zero-order chi connectivity index (χ0) is 21.8. The third kappa shape index (κ3) is 5.03. The van der Waals surface area contributed by atoms with Crippen LogP contribution in [-0.4, -0.2) is 66.2 Å². The fourth-order valence-electron chi connectivity index (χ4n) is 4.10. The second kappa shape index (κ2) is 9.85. The second-order valence-electron chi connectivity index (χ2n) is 8.16. The van der Waals surface area contributed by atoms with E-state index in [0.29, 0.717) is 25.3 Å². The van der Waals surface area contributed by atoms with Crippen molar-refractivity contribution in [3.8, 4) is 16.5 Å². The van der Waals surface area contributed by atoms with Crippen LogP contribution in [0.3, 0.4) is 0 Å². The fourth-order valence-corrected chi connectivity index (χ4v) is 4.87. The number of carbonyl (C=O) groups excluding carboxylic acids is 1. The lowest BCUT2D eigenvalue weighted by molar-refractivity contribution is 0.0624. The molecule has 0 spiro atoms. The van der Waals surface area contributed by atoms with Gasteiger partial charge in [-0.2, -0.15) is 0 Å². The molecule has 1 unspecified atom stereocenters. The molecule has 3 aromatic rings. The molecule has 0 saturated carbocycles. The molecule has 5 rings (SSSR count). The highest BCUT2D eigenvalue weighted by Crippen LogP contribution is 2.25. The SMILES string of the molecule is O=C(c1cccc(OCC2CCCO2)c1)N1CCN(Cc2csc(-c3ccco3)n2)CC1. The highest BCUT2D eigenvalue weighted by Gasteiger charge is 2.23. The Hall–Kier alpha value is -2.68. The van der Waals surface area contributed by atoms with E-state index >= 15 is 0 Å². The van der Waals surface area contributed by atoms with Gasteiger partial charge in [0, 0.05) is 50.3 Å². The average Bonchev–Trinajstić information content (AvgIpc) is 3.61. The van der Waals surface area contributed by atoms with E-state index < -0.39 is 0 Å². The van der Waals surface area contributed by atoms with Crippen molar-refractivity contribution in [1.29, 1.82) is 0 Å². The molecule has 2 aliphatic heterocycles. The normalized spacial score (nSPS) is 19.4. The number of ether oxygens (including phenoxy) is 2. The molecule has 2 aliphatic rings. The minimum atomic E-state index is 0.0565. The van der Waals surface area contributed by atoms with Gasteiger partial charge in [-0.05, 0) is 43.2 Å². The number of thiazole rings is 1. The molecule has 0 N–H and O–H groups in total. The predicted molar refractivity (Wildman–Crippen MR) is 122 cm³/mol. The topological polar surface area (TPSA) is 68.0 Å². The number of benzene rings is 1. The minimum absolute atomic E-state index is 0.0565. The molecule has 0 bridgehead atoms. The van der Waals surface area contributed by atoms with Crippen LogP contribution in [0.5, 0.6) is 5.75 Å². The Labute approximate surface area is 191 Å². The van der Waals surface area contributed by atoms with Gasteiger partial charge in [-0.15, -0.1) is 11.3 Å². The van der Waals surface area contributed by atoms with E-state index in [-0.39, 0.29) is 12.0 Å². The van der Waals surface area contributed by atoms with Crippen LogP contribution in [0.15, 0.2) is 52.5 Å². The van der Waals surface area contributed by atoms with Crippen LogP contribution in [0, 0.1) is 0 Å². The summed E-state index contributed by atoms with van der Waals surface area (Å²) in [6.07, 6.45) is 3.95. The first-order chi connectivity index (χ1) is 15.7. The van der Waals surface area contributed by atoms with Gasteiger partial charge in [0.05, 0.1) is 18.1 Å². The molecular formula is C24H27N3O4S. The monoisotopic (exact) mass is 453 g/mol. The van der Waals surface area contributed by atoms with Crippen molar-refractivity contribution in [2.45, 2.75) is 25.5 Å². The van der Waals surface area contributed by atoms with Gasteiger partial charge in [0.1, 0.15) is 12.4 Å². The number of nitrogens with zero attached hydrogens (tertiary/aromatic N) is 3. The molecule has 1 atom stereocenters. The minimum Gasteiger partial charge on any atom is -0.491 e. The Morgan fingerprint density at radius 3 is 2.88 bits per heavy atom. The molecule has 2 aromatic heterocycles. The number of carbonyl (C=O) groups is 1. The number of piperazine rings is 1. The number of aromatic nitrogens is 1. The molecule has 1 amide bonds. The number of rotatable bonds is 7. The predicted octanol–water partition coefficient (Wildman–Crippen LogP) is 3.92. The van der Waals surface area contributed by atoms with E-state index in [9.17, 15) is 4.79 Å². The van der Waals surface area contributed by atoms with E-state index in [1.807, 2.05) is 41.3 Å². The summed E-state index contributed by atoms with van der Waals surface area (Å²) in [5.74, 6) is 1.58. The molecule has 0 aliphatic carbocycles. The van der Waals surface area contributed by atoms with Crippen LogP contribution in [0.4, 0.5) is 0 Å². The van der Waals surface area contributed by atoms with Crippen molar-refractivity contribution >= 4 is 17.2 Å². The second-order valence-corrected chi connectivity index (χ2v) is 9.02. The van der Waals surface area contributed by atoms with Crippen LogP contribution < -0.4 is 4.74 Å². The maximum atomic E-state index is 13.0. The summed E-state index contributed by atoms with van der Waals surface area (Å²) in [4.78, 5) is 22.0. The molecule has 8 heteroatoms. The zero-order valence-corrected chi connectivity index (χ0v) is 18.8. The van der Waals surface area contributed by atoms with E-state index in [1.54, 1.807) is 17.6 Å². The molecule has 2 saturated heterocycles. The summed E-state index contributed by atoms with van der Waals surface area (Å²) in [5.41, 5.74) is 1.71. The van der Waals surface area contributed by atoms with Crippen molar-refractivity contribution in [3.05, 3.63) is 59.3 Å². The van der Waals surface area contributed by atoms with Crippen LogP contribution in [0.25, 0.3) is 10.8 Å². The van der Waals surface area contributed by atoms with Gasteiger partial charge in [-0.1, -0.05) is 6.07 Å². The molecule has 4 heterocycles. The largest absolute Gasteiger partial charge is 0.491 e. The molecule has 168 valence electrons. The van der Waals surface area contributed by atoms with Gasteiger partial charge in [0.25, 0.3) is 5.91 Å². The molecule has 2 fully saturated rings. The number of furan rings is 1. The number of hydrogen-bond acceptors (Lipinski definition) is 7. The average molecular weight is 454 g/mol. The Kier molecular flexibility index (Phi) is 6.52. The lowest BCUT2D eigenvalue weighted by Crippen LogP contribution is -2.48. The molecule has 32 heavy (non-hydrogen) atoms. The highest BCUT2D eigenvalue weighted by molar-refractivity contribution is 7.13. The molecule has 1 aromatic carbocycles. The van der Waals surface area contributed by atoms with Crippen molar-refractivity contribution in [1.82, 2.24) is 14.8 Å². The van der Waals surface area contributed by atoms with Crippen molar-refractivity contribution in [2.75, 3.05) is 39.4 Å². The maximum Gasteiger partial charge on any atom is 0.254 e.